The van der Waals surface area contributed by atoms with Crippen molar-refractivity contribution in [2.45, 2.75) is 6.42 Å². The largest absolute Gasteiger partial charge is 0.370 e. The predicted octanol–water partition coefficient (Wildman–Crippen LogP) is 0.141. The zero-order valence-corrected chi connectivity index (χ0v) is 18.1. The summed E-state index contributed by atoms with van der Waals surface area (Å²) in [6.45, 7) is 6.51. The van der Waals surface area contributed by atoms with Gasteiger partial charge in [0, 0.05) is 79.5 Å². The molecule has 28 heavy (non-hydrogen) atoms. The van der Waals surface area contributed by atoms with Crippen LogP contribution in [-0.2, 0) is 20.6 Å². The molecule has 2 aliphatic heterocycles. The van der Waals surface area contributed by atoms with Gasteiger partial charge in [-0.05, 0) is 37.2 Å². The van der Waals surface area contributed by atoms with Gasteiger partial charge in [-0.1, -0.05) is 0 Å². The molecule has 0 bridgehead atoms. The zero-order chi connectivity index (χ0) is 20.0. The second kappa shape index (κ2) is 10.0. The van der Waals surface area contributed by atoms with E-state index in [9.17, 15) is 12.6 Å². The number of rotatable bonds is 7. The summed E-state index contributed by atoms with van der Waals surface area (Å²) in [6, 6.07) is 8.49. The van der Waals surface area contributed by atoms with Crippen LogP contribution in [0.25, 0.3) is 0 Å². The van der Waals surface area contributed by atoms with Gasteiger partial charge in [-0.15, -0.1) is 0 Å². The highest BCUT2D eigenvalue weighted by atomic mass is 32.2. The van der Waals surface area contributed by atoms with Crippen LogP contribution in [0.1, 0.15) is 6.42 Å². The molecular weight excluding hydrogens is 396 g/mol. The zero-order valence-electron chi connectivity index (χ0n) is 16.5. The van der Waals surface area contributed by atoms with Crippen molar-refractivity contribution in [3.63, 3.8) is 0 Å². The van der Waals surface area contributed by atoms with Crippen LogP contribution < -0.4 is 15.5 Å². The average Bonchev–Trinajstić information content (AvgIpc) is 2.93. The molecule has 0 amide bonds. The van der Waals surface area contributed by atoms with Crippen LogP contribution in [0.5, 0.6) is 0 Å². The minimum absolute atomic E-state index is 0.243. The van der Waals surface area contributed by atoms with Crippen molar-refractivity contribution in [3.05, 3.63) is 24.3 Å². The molecule has 0 aliphatic carbocycles. The number of hydrogen-bond donors (Lipinski definition) is 1. The maximum Gasteiger partial charge on any atom is 0.153 e. The van der Waals surface area contributed by atoms with E-state index in [1.165, 1.54) is 5.69 Å². The highest BCUT2D eigenvalue weighted by molar-refractivity contribution is 7.91. The van der Waals surface area contributed by atoms with Crippen LogP contribution in [0.2, 0.25) is 0 Å². The lowest BCUT2D eigenvalue weighted by Crippen LogP contribution is -2.40. The third-order valence-electron chi connectivity index (χ3n) is 5.49. The molecule has 0 spiro atoms. The lowest BCUT2D eigenvalue weighted by Gasteiger charge is -2.29. The Kier molecular flexibility index (Phi) is 7.73. The van der Waals surface area contributed by atoms with Gasteiger partial charge in [-0.2, -0.15) is 0 Å². The van der Waals surface area contributed by atoms with Crippen molar-refractivity contribution in [3.8, 4) is 0 Å². The van der Waals surface area contributed by atoms with E-state index in [1.54, 1.807) is 0 Å². The predicted molar refractivity (Wildman–Crippen MR) is 118 cm³/mol. The standard InChI is InChI=1S/C19H32N4O3S2/c20-6-14-27(24)15-11-21-7-1-8-22(10-9-21)18-2-4-19(5-3-18)23-12-16-28(25,26)17-13-23/h2-5H,1,6-17,20H2. The first-order chi connectivity index (χ1) is 13.5. The van der Waals surface area contributed by atoms with Crippen molar-refractivity contribution in [1.82, 2.24) is 4.90 Å². The van der Waals surface area contributed by atoms with Gasteiger partial charge in [0.1, 0.15) is 0 Å². The van der Waals surface area contributed by atoms with Gasteiger partial charge >= 0.3 is 0 Å². The summed E-state index contributed by atoms with van der Waals surface area (Å²) < 4.78 is 35.0. The molecule has 1 atom stereocenters. The van der Waals surface area contributed by atoms with Gasteiger partial charge in [-0.3, -0.25) is 4.21 Å². The summed E-state index contributed by atoms with van der Waals surface area (Å²) in [4.78, 5) is 6.95. The summed E-state index contributed by atoms with van der Waals surface area (Å²) in [7, 11) is -3.66. The Morgan fingerprint density at radius 3 is 2.07 bits per heavy atom. The second-order valence-electron chi connectivity index (χ2n) is 7.47. The Morgan fingerprint density at radius 1 is 0.857 bits per heavy atom. The fourth-order valence-corrected chi connectivity index (χ4v) is 5.89. The normalized spacial score (nSPS) is 22.0. The fraction of sp³-hybridized carbons (Fsp3) is 0.684. The molecule has 1 unspecified atom stereocenters. The Hall–Kier alpha value is -1.16. The van der Waals surface area contributed by atoms with Crippen molar-refractivity contribution < 1.29 is 12.6 Å². The monoisotopic (exact) mass is 428 g/mol. The Balaban J connectivity index is 1.51. The van der Waals surface area contributed by atoms with Crippen LogP contribution in [0.3, 0.4) is 0 Å². The molecule has 2 saturated heterocycles. The Labute approximate surface area is 171 Å². The smallest absolute Gasteiger partial charge is 0.153 e. The van der Waals surface area contributed by atoms with E-state index in [-0.39, 0.29) is 11.5 Å². The molecular formula is C19H32N4O3S2. The van der Waals surface area contributed by atoms with E-state index in [0.717, 1.165) is 44.8 Å². The molecule has 9 heteroatoms. The van der Waals surface area contributed by atoms with E-state index in [0.29, 0.717) is 31.1 Å². The topological polar surface area (TPSA) is 87.0 Å². The second-order valence-corrected chi connectivity index (χ2v) is 11.5. The van der Waals surface area contributed by atoms with E-state index in [2.05, 4.69) is 39.0 Å². The molecule has 2 N–H and O–H groups in total. The summed E-state index contributed by atoms with van der Waals surface area (Å²) in [5.74, 6) is 1.78. The van der Waals surface area contributed by atoms with Crippen LogP contribution in [0, 0.1) is 0 Å². The first-order valence-corrected chi connectivity index (χ1v) is 13.4. The Morgan fingerprint density at radius 2 is 1.46 bits per heavy atom. The minimum atomic E-state index is -2.85. The van der Waals surface area contributed by atoms with Gasteiger partial charge in [0.25, 0.3) is 0 Å². The van der Waals surface area contributed by atoms with E-state index in [4.69, 9.17) is 5.73 Å². The van der Waals surface area contributed by atoms with E-state index < -0.39 is 20.6 Å². The molecule has 1 aromatic carbocycles. The quantitative estimate of drug-likeness (QED) is 0.661. The number of benzene rings is 1. The highest BCUT2D eigenvalue weighted by Crippen LogP contribution is 2.23. The molecule has 0 saturated carbocycles. The van der Waals surface area contributed by atoms with Gasteiger partial charge in [0.05, 0.1) is 11.5 Å². The maximum atomic E-state index is 11.8. The molecule has 3 rings (SSSR count). The number of anilines is 2. The molecule has 2 heterocycles. The molecule has 7 nitrogen and oxygen atoms in total. The maximum absolute atomic E-state index is 11.8. The fourth-order valence-electron chi connectivity index (χ4n) is 3.76. The third kappa shape index (κ3) is 6.17. The molecule has 0 radical (unpaired) electrons. The van der Waals surface area contributed by atoms with E-state index in [1.807, 2.05) is 0 Å². The average molecular weight is 429 g/mol. The molecule has 0 aromatic heterocycles. The lowest BCUT2D eigenvalue weighted by molar-refractivity contribution is 0.311. The molecule has 2 aliphatic rings. The van der Waals surface area contributed by atoms with Crippen molar-refractivity contribution in [2.24, 2.45) is 5.73 Å². The Bertz CT molecular complexity index is 741. The van der Waals surface area contributed by atoms with Crippen LogP contribution in [-0.4, -0.2) is 92.9 Å². The van der Waals surface area contributed by atoms with Crippen LogP contribution >= 0.6 is 0 Å². The highest BCUT2D eigenvalue weighted by Gasteiger charge is 2.22. The lowest BCUT2D eigenvalue weighted by atomic mass is 10.2. The van der Waals surface area contributed by atoms with E-state index >= 15 is 0 Å². The van der Waals surface area contributed by atoms with Crippen LogP contribution in [0.4, 0.5) is 11.4 Å². The van der Waals surface area contributed by atoms with Crippen molar-refractivity contribution >= 4 is 32.0 Å². The third-order valence-corrected chi connectivity index (χ3v) is 8.43. The van der Waals surface area contributed by atoms with Gasteiger partial charge in [0.2, 0.25) is 0 Å². The molecule has 158 valence electrons. The molecule has 1 aromatic rings. The minimum Gasteiger partial charge on any atom is -0.370 e. The van der Waals surface area contributed by atoms with Gasteiger partial charge in [-0.25, -0.2) is 8.42 Å². The first-order valence-electron chi connectivity index (χ1n) is 10.0. The SMILES string of the molecule is NCCS(=O)CCN1CCCN(c2ccc(N3CCS(=O)(=O)CC3)cc2)CC1. The van der Waals surface area contributed by atoms with Crippen molar-refractivity contribution in [1.29, 1.82) is 0 Å². The number of hydrogen-bond acceptors (Lipinski definition) is 7. The van der Waals surface area contributed by atoms with Gasteiger partial charge < -0.3 is 20.4 Å². The number of nitrogens with zero attached hydrogens (tertiary/aromatic N) is 3. The summed E-state index contributed by atoms with van der Waals surface area (Å²) in [6.07, 6.45) is 1.09. The number of nitrogens with two attached hydrogens (primary N) is 1. The van der Waals surface area contributed by atoms with Crippen LogP contribution in [0.15, 0.2) is 24.3 Å². The van der Waals surface area contributed by atoms with Crippen molar-refractivity contribution in [2.75, 3.05) is 85.2 Å². The summed E-state index contributed by atoms with van der Waals surface area (Å²) in [5, 5.41) is 0. The van der Waals surface area contributed by atoms with Gasteiger partial charge in [0.15, 0.2) is 9.84 Å². The summed E-state index contributed by atoms with van der Waals surface area (Å²) >= 11 is 0. The first kappa shape index (κ1) is 21.5. The summed E-state index contributed by atoms with van der Waals surface area (Å²) in [5.41, 5.74) is 7.78. The number of sulfone groups is 1. The molecule has 2 fully saturated rings.